The maximum absolute atomic E-state index is 6.91. The molecule has 1 aliphatic heterocycles. The third-order valence-corrected chi connectivity index (χ3v) is 17.2. The highest BCUT2D eigenvalue weighted by Gasteiger charge is 2.84. The zero-order valence-corrected chi connectivity index (χ0v) is 35.3. The van der Waals surface area contributed by atoms with Crippen LogP contribution in [0, 0.1) is 29.1 Å². The molecule has 6 unspecified atom stereocenters. The summed E-state index contributed by atoms with van der Waals surface area (Å²) in [6.07, 6.45) is 8.04. The average Bonchev–Trinajstić information content (AvgIpc) is 3.81. The first-order chi connectivity index (χ1) is 29.1. The quantitative estimate of drug-likeness (QED) is 0.173. The lowest BCUT2D eigenvalue weighted by molar-refractivity contribution is -0.235. The van der Waals surface area contributed by atoms with Gasteiger partial charge in [0, 0.05) is 33.5 Å². The normalized spacial score (nSPS) is 27.8. The van der Waals surface area contributed by atoms with Crippen molar-refractivity contribution in [3.8, 4) is 33.8 Å². The van der Waals surface area contributed by atoms with Crippen LogP contribution in [0.15, 0.2) is 152 Å². The number of para-hydroxylation sites is 2. The molecule has 13 rings (SSSR count). The summed E-state index contributed by atoms with van der Waals surface area (Å²) in [6.45, 7) is 9.73. The van der Waals surface area contributed by atoms with Crippen LogP contribution in [-0.4, -0.2) is 0 Å². The Balaban J connectivity index is 0.992. The van der Waals surface area contributed by atoms with Gasteiger partial charge in [-0.15, -0.1) is 0 Å². The van der Waals surface area contributed by atoms with Crippen LogP contribution in [0.4, 0.5) is 17.1 Å². The van der Waals surface area contributed by atoms with Crippen LogP contribution in [0.3, 0.4) is 0 Å². The number of nitrogens with zero attached hydrogens (tertiary/aromatic N) is 1. The van der Waals surface area contributed by atoms with Crippen LogP contribution in [0.25, 0.3) is 33.0 Å². The van der Waals surface area contributed by atoms with E-state index in [0.29, 0.717) is 17.3 Å². The van der Waals surface area contributed by atoms with Crippen molar-refractivity contribution >= 4 is 27.8 Å². The van der Waals surface area contributed by atoms with E-state index in [0.717, 1.165) is 29.0 Å². The van der Waals surface area contributed by atoms with Crippen molar-refractivity contribution in [2.24, 2.45) is 29.1 Å². The Labute approximate surface area is 355 Å². The van der Waals surface area contributed by atoms with Gasteiger partial charge >= 0.3 is 0 Å². The molecule has 0 radical (unpaired) electrons. The van der Waals surface area contributed by atoms with Gasteiger partial charge in [0.25, 0.3) is 0 Å². The predicted octanol–water partition coefficient (Wildman–Crippen LogP) is 15.5. The highest BCUT2D eigenvalue weighted by atomic mass is 16.5. The molecule has 4 saturated carbocycles. The van der Waals surface area contributed by atoms with Gasteiger partial charge in [0.1, 0.15) is 11.5 Å². The summed E-state index contributed by atoms with van der Waals surface area (Å²) in [7, 11) is 0. The van der Waals surface area contributed by atoms with Crippen LogP contribution >= 0.6 is 0 Å². The van der Waals surface area contributed by atoms with Gasteiger partial charge in [-0.3, -0.25) is 0 Å². The smallest absolute Gasteiger partial charge is 0.131 e. The lowest BCUT2D eigenvalue weighted by Gasteiger charge is -2.77. The number of fused-ring (bicyclic) bond motifs is 9. The maximum Gasteiger partial charge on any atom is 0.131 e. The van der Waals surface area contributed by atoms with Crippen LogP contribution in [0.5, 0.6) is 11.5 Å². The minimum absolute atomic E-state index is 0.00780. The van der Waals surface area contributed by atoms with Crippen molar-refractivity contribution < 1.29 is 4.74 Å². The van der Waals surface area contributed by atoms with Crippen LogP contribution in [0.1, 0.15) is 88.5 Å². The molecule has 0 saturated heterocycles. The molecule has 296 valence electrons. The van der Waals surface area contributed by atoms with Gasteiger partial charge in [-0.25, -0.2) is 0 Å². The summed E-state index contributed by atoms with van der Waals surface area (Å²) in [5.74, 6) is 5.33. The van der Waals surface area contributed by atoms with E-state index >= 15 is 0 Å². The molecule has 7 aromatic rings. The molecule has 4 fully saturated rings. The highest BCUT2D eigenvalue weighted by molar-refractivity contribution is 5.91. The first-order valence-corrected chi connectivity index (χ1v) is 22.7. The largest absolute Gasteiger partial charge is 0.457 e. The van der Waals surface area contributed by atoms with Gasteiger partial charge in [-0.05, 0) is 166 Å². The van der Waals surface area contributed by atoms with E-state index in [9.17, 15) is 0 Å². The molecule has 1 heterocycles. The van der Waals surface area contributed by atoms with Crippen molar-refractivity contribution in [3.05, 3.63) is 174 Å². The number of hydrogen-bond acceptors (Lipinski definition) is 2. The Morgan fingerprint density at radius 1 is 0.500 bits per heavy atom. The fraction of sp³-hybridized carbons (Fsp3) is 0.310. The summed E-state index contributed by atoms with van der Waals surface area (Å²) >= 11 is 0. The second-order valence-electron chi connectivity index (χ2n) is 20.8. The maximum atomic E-state index is 6.91. The first-order valence-electron chi connectivity index (χ1n) is 22.7. The van der Waals surface area contributed by atoms with E-state index in [1.165, 1.54) is 105 Å². The van der Waals surface area contributed by atoms with Gasteiger partial charge in [-0.1, -0.05) is 131 Å². The Morgan fingerprint density at radius 3 is 2.03 bits per heavy atom. The molecular formula is C58H53NO. The third-order valence-electron chi connectivity index (χ3n) is 17.2. The van der Waals surface area contributed by atoms with Crippen molar-refractivity contribution in [2.45, 2.75) is 82.5 Å². The molecule has 2 spiro atoms. The fourth-order valence-corrected chi connectivity index (χ4v) is 14.5. The molecule has 2 nitrogen and oxygen atoms in total. The van der Waals surface area contributed by atoms with Crippen LogP contribution in [0.2, 0.25) is 0 Å². The van der Waals surface area contributed by atoms with Gasteiger partial charge < -0.3 is 9.64 Å². The monoisotopic (exact) mass is 779 g/mol. The standard InChI is InChI=1S/C58H53NO/c1-55(2)27-28-56(3,4)48-32-41(21-25-46(48)55)45-13-7-9-15-50(45)59(43-22-19-38(20-23-43)40-18-17-37-11-5-6-12-39(37)31-40)44-24-26-52-49(34-44)58(47-14-8-10-16-51(47)60-52)53-30-36-29-42-33-54(58)57(42,53)35-36/h5-26,31-32,34,36,42,53-54H,27-30,33,35H2,1-4H3. The highest BCUT2D eigenvalue weighted by Crippen LogP contribution is 2.89. The van der Waals surface area contributed by atoms with Crippen LogP contribution in [-0.2, 0) is 16.2 Å². The Kier molecular flexibility index (Phi) is 7.05. The molecule has 6 atom stereocenters. The van der Waals surface area contributed by atoms with E-state index in [1.54, 1.807) is 0 Å². The summed E-state index contributed by atoms with van der Waals surface area (Å²) in [5.41, 5.74) is 15.2. The number of benzene rings is 7. The SMILES string of the molecule is CC1(C)CCC(C)(C)c2cc(-c3ccccc3N(c3ccc(-c4ccc5ccccc5c4)cc3)c3ccc4c(c3)C3(c5ccccc5O4)C4CC5CC6CC3C64C5)ccc21. The molecule has 0 N–H and O–H groups in total. The van der Waals surface area contributed by atoms with Crippen molar-refractivity contribution in [1.29, 1.82) is 0 Å². The summed E-state index contributed by atoms with van der Waals surface area (Å²) < 4.78 is 6.91. The lowest BCUT2D eigenvalue weighted by Crippen LogP contribution is -2.74. The van der Waals surface area contributed by atoms with Crippen molar-refractivity contribution in [3.63, 3.8) is 0 Å². The minimum Gasteiger partial charge on any atom is -0.457 e. The third kappa shape index (κ3) is 4.55. The second kappa shape index (κ2) is 12.0. The van der Waals surface area contributed by atoms with Gasteiger partial charge in [0.15, 0.2) is 0 Å². The predicted molar refractivity (Wildman–Crippen MR) is 247 cm³/mol. The van der Waals surface area contributed by atoms with Crippen molar-refractivity contribution in [2.75, 3.05) is 4.90 Å². The van der Waals surface area contributed by atoms with Gasteiger partial charge in [0.2, 0.25) is 0 Å². The van der Waals surface area contributed by atoms with Crippen LogP contribution < -0.4 is 9.64 Å². The number of hydrogen-bond donors (Lipinski definition) is 0. The van der Waals surface area contributed by atoms with E-state index in [4.69, 9.17) is 4.74 Å². The number of ether oxygens (including phenoxy) is 1. The Morgan fingerprint density at radius 2 is 1.18 bits per heavy atom. The van der Waals surface area contributed by atoms with E-state index < -0.39 is 0 Å². The molecule has 7 aromatic carbocycles. The molecule has 60 heavy (non-hydrogen) atoms. The van der Waals surface area contributed by atoms with E-state index in [1.807, 2.05) is 0 Å². The lowest BCUT2D eigenvalue weighted by atomic mass is 9.26. The van der Waals surface area contributed by atoms with Crippen molar-refractivity contribution in [1.82, 2.24) is 0 Å². The molecule has 0 amide bonds. The fourth-order valence-electron chi connectivity index (χ4n) is 14.5. The zero-order chi connectivity index (χ0) is 40.2. The van der Waals surface area contributed by atoms with E-state index in [-0.39, 0.29) is 16.2 Å². The minimum atomic E-state index is 0.00780. The van der Waals surface area contributed by atoms with Gasteiger partial charge in [-0.2, -0.15) is 0 Å². The molecule has 6 aliphatic rings. The topological polar surface area (TPSA) is 12.5 Å². The Bertz CT molecular complexity index is 2920. The molecule has 0 aromatic heterocycles. The summed E-state index contributed by atoms with van der Waals surface area (Å²) in [5, 5.41) is 2.54. The molecular weight excluding hydrogens is 727 g/mol. The Hall–Kier alpha value is -5.60. The molecule has 5 aliphatic carbocycles. The number of anilines is 3. The second-order valence-corrected chi connectivity index (χ2v) is 20.8. The molecule has 2 bridgehead atoms. The summed E-state index contributed by atoms with van der Waals surface area (Å²) in [6, 6.07) is 57.5. The zero-order valence-electron chi connectivity index (χ0n) is 35.3. The average molecular weight is 780 g/mol. The van der Waals surface area contributed by atoms with E-state index in [2.05, 4.69) is 184 Å². The van der Waals surface area contributed by atoms with Gasteiger partial charge in [0.05, 0.1) is 5.69 Å². The first kappa shape index (κ1) is 35.2. The summed E-state index contributed by atoms with van der Waals surface area (Å²) in [4.78, 5) is 2.54. The molecule has 2 heteroatoms. The number of rotatable bonds is 5.